The normalized spacial score (nSPS) is 14.2. The van der Waals surface area contributed by atoms with Gasteiger partial charge < -0.3 is 4.57 Å². The molecule has 0 atom stereocenters. The average Bonchev–Trinajstić information content (AvgIpc) is 3.13. The minimum atomic E-state index is -0.331. The molecule has 2 aromatic heterocycles. The summed E-state index contributed by atoms with van der Waals surface area (Å²) >= 11 is 1.63. The van der Waals surface area contributed by atoms with Crippen LogP contribution in [0.5, 0.6) is 0 Å². The lowest BCUT2D eigenvalue weighted by Crippen LogP contribution is -2.30. The molecule has 0 spiro atoms. The molecule has 1 aromatic carbocycles. The first-order valence-electron chi connectivity index (χ1n) is 9.68. The van der Waals surface area contributed by atoms with E-state index in [1.165, 1.54) is 5.56 Å². The third-order valence-corrected chi connectivity index (χ3v) is 6.06. The first-order chi connectivity index (χ1) is 14.6. The Hall–Kier alpha value is -3.04. The second-order valence-electron chi connectivity index (χ2n) is 7.08. The van der Waals surface area contributed by atoms with Gasteiger partial charge in [-0.3, -0.25) is 20.0 Å². The van der Waals surface area contributed by atoms with Gasteiger partial charge >= 0.3 is 0 Å². The molecule has 8 nitrogen and oxygen atoms in total. The minimum absolute atomic E-state index is 0.164. The second kappa shape index (κ2) is 9.19. The van der Waals surface area contributed by atoms with Gasteiger partial charge in [-0.25, -0.2) is 0 Å². The summed E-state index contributed by atoms with van der Waals surface area (Å²) in [4.78, 5) is 17.1. The Morgan fingerprint density at radius 1 is 1.23 bits per heavy atom. The Labute approximate surface area is 178 Å². The number of rotatable bonds is 7. The van der Waals surface area contributed by atoms with Crippen LogP contribution in [0.25, 0.3) is 11.4 Å². The van der Waals surface area contributed by atoms with Crippen molar-refractivity contribution in [1.82, 2.24) is 24.6 Å². The lowest BCUT2D eigenvalue weighted by molar-refractivity contribution is -0.385. The molecular weight excluding hydrogens is 400 g/mol. The molecule has 30 heavy (non-hydrogen) atoms. The maximum absolute atomic E-state index is 11.0. The van der Waals surface area contributed by atoms with Gasteiger partial charge in [0.05, 0.1) is 4.92 Å². The smallest absolute Gasteiger partial charge is 0.269 e. The molecule has 0 unspecified atom stereocenters. The van der Waals surface area contributed by atoms with E-state index in [2.05, 4.69) is 32.2 Å². The van der Waals surface area contributed by atoms with Gasteiger partial charge in [0.25, 0.3) is 5.69 Å². The van der Waals surface area contributed by atoms with Crippen LogP contribution in [0.3, 0.4) is 0 Å². The fourth-order valence-electron chi connectivity index (χ4n) is 3.47. The molecule has 4 rings (SSSR count). The van der Waals surface area contributed by atoms with E-state index in [1.807, 2.05) is 29.8 Å². The van der Waals surface area contributed by atoms with Crippen molar-refractivity contribution in [3.05, 3.63) is 76.1 Å². The third-order valence-electron chi connectivity index (χ3n) is 5.09. The van der Waals surface area contributed by atoms with Gasteiger partial charge in [-0.2, -0.15) is 0 Å². The molecule has 0 saturated carbocycles. The average molecular weight is 423 g/mol. The highest BCUT2D eigenvalue weighted by Gasteiger charge is 2.18. The van der Waals surface area contributed by atoms with E-state index in [9.17, 15) is 10.1 Å². The molecule has 3 heterocycles. The van der Waals surface area contributed by atoms with Gasteiger partial charge in [-0.15, -0.1) is 10.2 Å². The molecule has 0 amide bonds. The molecule has 0 fully saturated rings. The van der Waals surface area contributed by atoms with Gasteiger partial charge in [0.2, 0.25) is 0 Å². The summed E-state index contributed by atoms with van der Waals surface area (Å²) in [5, 5.41) is 20.4. The van der Waals surface area contributed by atoms with Crippen molar-refractivity contribution >= 4 is 17.4 Å². The zero-order chi connectivity index (χ0) is 20.9. The Kier molecular flexibility index (Phi) is 6.20. The number of hydrogen-bond acceptors (Lipinski definition) is 7. The Morgan fingerprint density at radius 3 is 2.93 bits per heavy atom. The van der Waals surface area contributed by atoms with Crippen molar-refractivity contribution in [1.29, 1.82) is 0 Å². The van der Waals surface area contributed by atoms with E-state index >= 15 is 0 Å². The number of nitro groups is 1. The van der Waals surface area contributed by atoms with Crippen molar-refractivity contribution in [2.75, 3.05) is 18.8 Å². The number of non-ortho nitro benzene ring substituents is 1. The summed E-state index contributed by atoms with van der Waals surface area (Å²) in [7, 11) is 1.96. The molecule has 0 N–H and O–H groups in total. The summed E-state index contributed by atoms with van der Waals surface area (Å²) in [5.74, 6) is 1.60. The zero-order valence-corrected chi connectivity index (χ0v) is 17.5. The summed E-state index contributed by atoms with van der Waals surface area (Å²) in [6, 6.07) is 9.04. The number of pyridine rings is 1. The summed E-state index contributed by atoms with van der Waals surface area (Å²) < 4.78 is 1.98. The van der Waals surface area contributed by atoms with Crippen LogP contribution < -0.4 is 0 Å². The molecule has 0 radical (unpaired) electrons. The highest BCUT2D eigenvalue weighted by molar-refractivity contribution is 7.99. The van der Waals surface area contributed by atoms with Crippen molar-refractivity contribution in [2.24, 2.45) is 7.05 Å². The predicted molar refractivity (Wildman–Crippen MR) is 116 cm³/mol. The molecule has 154 valence electrons. The zero-order valence-electron chi connectivity index (χ0n) is 16.6. The van der Waals surface area contributed by atoms with Crippen molar-refractivity contribution in [3.8, 4) is 11.4 Å². The maximum Gasteiger partial charge on any atom is 0.269 e. The number of fused-ring (bicyclic) bond motifs is 1. The number of benzene rings is 1. The summed E-state index contributed by atoms with van der Waals surface area (Å²) in [5.41, 5.74) is 3.38. The lowest BCUT2D eigenvalue weighted by Gasteiger charge is -2.27. The molecule has 0 bridgehead atoms. The largest absolute Gasteiger partial charge is 0.305 e. The fourth-order valence-corrected chi connectivity index (χ4v) is 4.23. The van der Waals surface area contributed by atoms with Crippen molar-refractivity contribution in [2.45, 2.75) is 18.1 Å². The number of aromatic nitrogens is 4. The van der Waals surface area contributed by atoms with Crippen molar-refractivity contribution in [3.63, 3.8) is 0 Å². The third kappa shape index (κ3) is 4.58. The van der Waals surface area contributed by atoms with Gasteiger partial charge in [-0.05, 0) is 29.7 Å². The highest BCUT2D eigenvalue weighted by Crippen LogP contribution is 2.24. The highest BCUT2D eigenvalue weighted by atomic mass is 32.2. The van der Waals surface area contributed by atoms with Crippen LogP contribution >= 0.6 is 11.8 Å². The van der Waals surface area contributed by atoms with Crippen LogP contribution in [-0.2, 0) is 20.0 Å². The van der Waals surface area contributed by atoms with E-state index in [4.69, 9.17) is 0 Å². The number of thioether (sulfide) groups is 1. The molecule has 3 aromatic rings. The minimum Gasteiger partial charge on any atom is -0.305 e. The van der Waals surface area contributed by atoms with Crippen LogP contribution in [0, 0.1) is 10.1 Å². The van der Waals surface area contributed by atoms with Gasteiger partial charge in [0.15, 0.2) is 11.0 Å². The molecule has 1 aliphatic heterocycles. The van der Waals surface area contributed by atoms with Crippen LogP contribution in [0.4, 0.5) is 5.69 Å². The quantitative estimate of drug-likeness (QED) is 0.249. The van der Waals surface area contributed by atoms with Crippen molar-refractivity contribution < 1.29 is 4.92 Å². The van der Waals surface area contributed by atoms with E-state index in [1.54, 1.807) is 36.3 Å². The number of nitrogens with zero attached hydrogens (tertiary/aromatic N) is 6. The predicted octanol–water partition coefficient (Wildman–Crippen LogP) is 3.49. The Bertz CT molecular complexity index is 1070. The lowest BCUT2D eigenvalue weighted by atomic mass is 9.99. The van der Waals surface area contributed by atoms with E-state index in [-0.39, 0.29) is 10.6 Å². The fraction of sp³-hybridized carbons (Fsp3) is 0.286. The first kappa shape index (κ1) is 20.2. The summed E-state index contributed by atoms with van der Waals surface area (Å²) in [6.45, 7) is 2.52. The molecular formula is C21H22N6O2S. The molecule has 9 heteroatoms. The van der Waals surface area contributed by atoms with Crippen LogP contribution in [0.15, 0.2) is 60.0 Å². The standard InChI is InChI=1S/C21H22N6O2S/c1-25-20(17-5-4-9-22-14-17)23-24-21(25)30-12-3-2-10-26-11-8-16-6-7-19(27(28)29)13-18(16)15-26/h2-7,9,13-14H,8,10-12,15H2,1H3. The first-order valence-corrected chi connectivity index (χ1v) is 10.7. The summed E-state index contributed by atoms with van der Waals surface area (Å²) in [6.07, 6.45) is 8.72. The van der Waals surface area contributed by atoms with E-state index in [0.717, 1.165) is 53.9 Å². The Morgan fingerprint density at radius 2 is 2.13 bits per heavy atom. The number of nitro benzene ring substituents is 1. The van der Waals surface area contributed by atoms with Crippen LogP contribution in [0.2, 0.25) is 0 Å². The number of hydrogen-bond donors (Lipinski definition) is 0. The van der Waals surface area contributed by atoms with Gasteiger partial charge in [0.1, 0.15) is 0 Å². The molecule has 0 saturated heterocycles. The monoisotopic (exact) mass is 422 g/mol. The Balaban J connectivity index is 1.29. The van der Waals surface area contributed by atoms with Crippen LogP contribution in [0.1, 0.15) is 11.1 Å². The topological polar surface area (TPSA) is 90.0 Å². The maximum atomic E-state index is 11.0. The van der Waals surface area contributed by atoms with E-state index < -0.39 is 0 Å². The molecule has 1 aliphatic rings. The van der Waals surface area contributed by atoms with Gasteiger partial charge in [-0.1, -0.05) is 30.0 Å². The van der Waals surface area contributed by atoms with Crippen LogP contribution in [-0.4, -0.2) is 48.4 Å². The van der Waals surface area contributed by atoms with E-state index in [0.29, 0.717) is 0 Å². The SMILES string of the molecule is Cn1c(SCC=CCN2CCc3ccc([N+](=O)[O-])cc3C2)nnc1-c1cccnc1. The van der Waals surface area contributed by atoms with Gasteiger partial charge in [0, 0.05) is 62.5 Å². The molecule has 0 aliphatic carbocycles. The second-order valence-corrected chi connectivity index (χ2v) is 8.07.